The van der Waals surface area contributed by atoms with Crippen LogP contribution in [0, 0.1) is 16.7 Å². The molecule has 1 saturated carbocycles. The van der Waals surface area contributed by atoms with E-state index in [0.29, 0.717) is 17.7 Å². The van der Waals surface area contributed by atoms with Crippen LogP contribution in [-0.2, 0) is 27.3 Å². The fourth-order valence-electron chi connectivity index (χ4n) is 8.15. The van der Waals surface area contributed by atoms with E-state index in [9.17, 15) is 35.0 Å². The third kappa shape index (κ3) is 4.25. The first-order valence-electron chi connectivity index (χ1n) is 15.6. The molecule has 0 aliphatic heterocycles. The SMILES string of the molecule is CC(C)NCc1ccc(-c2ccc(O)c3c2C[C@@]2(N)C[C@@]4(N)[C@H](N(C)C)C(=O)C(C(N)=O)=C(O)[C@@]4(C#N)C(=O)C2=C3O)c2ccccc12. The van der Waals surface area contributed by atoms with Gasteiger partial charge in [0.05, 0.1) is 34.3 Å². The zero-order valence-electron chi connectivity index (χ0n) is 27.1. The third-order valence-corrected chi connectivity index (χ3v) is 10.1. The minimum atomic E-state index is -2.72. The Labute approximate surface area is 277 Å². The molecule has 6 rings (SSSR count). The van der Waals surface area contributed by atoms with Crippen molar-refractivity contribution in [3.63, 3.8) is 0 Å². The van der Waals surface area contributed by atoms with E-state index in [0.717, 1.165) is 21.9 Å². The third-order valence-electron chi connectivity index (χ3n) is 10.1. The zero-order valence-corrected chi connectivity index (χ0v) is 27.1. The Bertz CT molecular complexity index is 2060. The number of aliphatic hydroxyl groups is 2. The number of fused-ring (bicyclic) bond motifs is 4. The summed E-state index contributed by atoms with van der Waals surface area (Å²) in [5.41, 5.74) is 14.4. The predicted octanol–water partition coefficient (Wildman–Crippen LogP) is 2.22. The molecule has 1 amide bonds. The van der Waals surface area contributed by atoms with Crippen LogP contribution in [-0.4, -0.2) is 75.0 Å². The Morgan fingerprint density at radius 1 is 1.04 bits per heavy atom. The second kappa shape index (κ2) is 11.0. The van der Waals surface area contributed by atoms with Gasteiger partial charge in [0.1, 0.15) is 22.8 Å². The Morgan fingerprint density at radius 2 is 1.69 bits per heavy atom. The number of rotatable bonds is 6. The lowest BCUT2D eigenvalue weighted by molar-refractivity contribution is -0.139. The number of nitrogens with one attached hydrogen (secondary N) is 1. The van der Waals surface area contributed by atoms with Crippen LogP contribution in [0.15, 0.2) is 65.4 Å². The van der Waals surface area contributed by atoms with Gasteiger partial charge in [-0.15, -0.1) is 0 Å². The van der Waals surface area contributed by atoms with E-state index in [1.165, 1.54) is 25.1 Å². The standard InChI is InChI=1S/C36H38N6O6/c1-17(2)41-14-18-9-10-21(20-8-6-5-7-19(18)20)22-11-12-24(43)25-23(22)13-34(39)15-36(40)30(42(3)4)29(45)26(33(38)48)31(46)35(36,16-37)32(47)27(34)28(25)44/h5-12,17,30,41,43-44,46H,13-15,39-40H2,1-4H3,(H2,38,48)/t30-,34-,35+,36-/m1/s1. The number of benzene rings is 3. The van der Waals surface area contributed by atoms with Gasteiger partial charge in [-0.1, -0.05) is 56.3 Å². The minimum absolute atomic E-state index is 0.0567. The number of primary amides is 1. The number of carbonyl (C=O) groups is 3. The first-order chi connectivity index (χ1) is 22.6. The van der Waals surface area contributed by atoms with Gasteiger partial charge >= 0.3 is 0 Å². The van der Waals surface area contributed by atoms with Crippen LogP contribution in [0.25, 0.3) is 27.7 Å². The maximum absolute atomic E-state index is 14.7. The molecule has 0 bridgehead atoms. The molecule has 3 aliphatic carbocycles. The fraction of sp³-hybridized carbons (Fsp3) is 0.333. The number of phenols is 1. The summed E-state index contributed by atoms with van der Waals surface area (Å²) in [7, 11) is 2.96. The number of aromatic hydroxyl groups is 1. The van der Waals surface area contributed by atoms with Crippen molar-refractivity contribution in [3.05, 3.63) is 82.1 Å². The van der Waals surface area contributed by atoms with Gasteiger partial charge < -0.3 is 37.8 Å². The lowest BCUT2D eigenvalue weighted by Crippen LogP contribution is -2.80. The molecule has 12 heteroatoms. The lowest BCUT2D eigenvalue weighted by Gasteiger charge is -2.58. The maximum atomic E-state index is 14.7. The molecule has 12 nitrogen and oxygen atoms in total. The number of nitrogens with zero attached hydrogens (tertiary/aromatic N) is 2. The lowest BCUT2D eigenvalue weighted by atomic mass is 9.47. The highest BCUT2D eigenvalue weighted by molar-refractivity contribution is 6.25. The number of hydrogen-bond acceptors (Lipinski definition) is 11. The molecule has 4 atom stereocenters. The molecule has 0 heterocycles. The number of likely N-dealkylation sites (N-methyl/N-ethyl adjacent to an activating group) is 1. The van der Waals surface area contributed by atoms with Crippen molar-refractivity contribution in [3.8, 4) is 22.9 Å². The van der Waals surface area contributed by atoms with Crippen LogP contribution in [0.1, 0.15) is 37.0 Å². The van der Waals surface area contributed by atoms with E-state index in [2.05, 4.69) is 19.2 Å². The number of amides is 1. The molecular weight excluding hydrogens is 612 g/mol. The summed E-state index contributed by atoms with van der Waals surface area (Å²) in [6, 6.07) is 15.5. The van der Waals surface area contributed by atoms with Gasteiger partial charge in [0.25, 0.3) is 5.91 Å². The zero-order chi connectivity index (χ0) is 35.1. The minimum Gasteiger partial charge on any atom is -0.509 e. The topological polar surface area (TPSA) is 229 Å². The van der Waals surface area contributed by atoms with Crippen LogP contribution in [0.3, 0.4) is 0 Å². The van der Waals surface area contributed by atoms with Gasteiger partial charge in [0.15, 0.2) is 17.0 Å². The Kier molecular flexibility index (Phi) is 7.53. The summed E-state index contributed by atoms with van der Waals surface area (Å²) in [6.45, 7) is 4.77. The van der Waals surface area contributed by atoms with Gasteiger partial charge in [0, 0.05) is 12.6 Å². The number of nitriles is 1. The highest BCUT2D eigenvalue weighted by atomic mass is 16.3. The van der Waals surface area contributed by atoms with Crippen molar-refractivity contribution in [2.75, 3.05) is 14.1 Å². The van der Waals surface area contributed by atoms with Crippen LogP contribution >= 0.6 is 0 Å². The molecule has 0 radical (unpaired) electrons. The van der Waals surface area contributed by atoms with Gasteiger partial charge in [-0.25, -0.2) is 0 Å². The quantitative estimate of drug-likeness (QED) is 0.191. The number of Topliss-reactive ketones (excluding diaryl/α,β-unsaturated/α-hetero) is 2. The average molecular weight is 651 g/mol. The molecule has 1 fully saturated rings. The van der Waals surface area contributed by atoms with Crippen LogP contribution in [0.5, 0.6) is 5.75 Å². The van der Waals surface area contributed by atoms with Gasteiger partial charge in [-0.2, -0.15) is 5.26 Å². The summed E-state index contributed by atoms with van der Waals surface area (Å²) in [5, 5.41) is 50.4. The molecule has 3 aromatic rings. The Balaban J connectivity index is 1.63. The summed E-state index contributed by atoms with van der Waals surface area (Å²) in [5.74, 6) is -5.69. The van der Waals surface area contributed by atoms with Crippen LogP contribution in [0.2, 0.25) is 0 Å². The van der Waals surface area contributed by atoms with E-state index in [-0.39, 0.29) is 23.8 Å². The predicted molar refractivity (Wildman–Crippen MR) is 179 cm³/mol. The van der Waals surface area contributed by atoms with Crippen LogP contribution in [0.4, 0.5) is 0 Å². The van der Waals surface area contributed by atoms with Crippen molar-refractivity contribution in [2.24, 2.45) is 22.6 Å². The van der Waals surface area contributed by atoms with Gasteiger partial charge in [-0.05, 0) is 66.0 Å². The van der Waals surface area contributed by atoms with E-state index in [1.807, 2.05) is 36.4 Å². The Hall–Kier alpha value is -5.06. The highest BCUT2D eigenvalue weighted by Gasteiger charge is 2.74. The van der Waals surface area contributed by atoms with Crippen molar-refractivity contribution >= 4 is 34.0 Å². The van der Waals surface area contributed by atoms with Crippen molar-refractivity contribution in [1.82, 2.24) is 10.2 Å². The number of ketones is 2. The number of carbonyl (C=O) groups excluding carboxylic acids is 3. The highest BCUT2D eigenvalue weighted by Crippen LogP contribution is 2.59. The molecule has 0 unspecified atom stereocenters. The number of hydrogen-bond donors (Lipinski definition) is 7. The van der Waals surface area contributed by atoms with Gasteiger partial charge in [0.2, 0.25) is 0 Å². The van der Waals surface area contributed by atoms with Crippen LogP contribution < -0.4 is 22.5 Å². The van der Waals surface area contributed by atoms with Crippen molar-refractivity contribution in [1.29, 1.82) is 5.26 Å². The average Bonchev–Trinajstić information content (AvgIpc) is 2.99. The summed E-state index contributed by atoms with van der Waals surface area (Å²) in [6.07, 6.45) is -0.581. The molecule has 0 aromatic heterocycles. The monoisotopic (exact) mass is 650 g/mol. The number of phenolic OH excluding ortho intramolecular Hbond substituents is 1. The largest absolute Gasteiger partial charge is 0.509 e. The molecule has 3 aromatic carbocycles. The van der Waals surface area contributed by atoms with Gasteiger partial charge in [-0.3, -0.25) is 19.3 Å². The summed E-state index contributed by atoms with van der Waals surface area (Å²) < 4.78 is 0. The fourth-order valence-corrected chi connectivity index (χ4v) is 8.15. The summed E-state index contributed by atoms with van der Waals surface area (Å²) >= 11 is 0. The smallest absolute Gasteiger partial charge is 0.255 e. The molecule has 48 heavy (non-hydrogen) atoms. The molecular formula is C36H38N6O6. The van der Waals surface area contributed by atoms with Crippen molar-refractivity contribution in [2.45, 2.75) is 56.4 Å². The maximum Gasteiger partial charge on any atom is 0.255 e. The number of nitrogens with two attached hydrogens (primary N) is 3. The van der Waals surface area contributed by atoms with Crippen molar-refractivity contribution < 1.29 is 29.7 Å². The molecule has 3 aliphatic rings. The first kappa shape index (κ1) is 32.9. The van der Waals surface area contributed by atoms with E-state index in [4.69, 9.17) is 17.2 Å². The first-order valence-corrected chi connectivity index (χ1v) is 15.6. The molecule has 248 valence electrons. The number of aliphatic hydroxyl groups excluding tert-OH is 2. The molecule has 0 spiro atoms. The second-order valence-electron chi connectivity index (χ2n) is 13.6. The van der Waals surface area contributed by atoms with E-state index < -0.39 is 69.1 Å². The molecule has 10 N–H and O–H groups in total. The van der Waals surface area contributed by atoms with E-state index >= 15 is 0 Å². The molecule has 0 saturated heterocycles. The Morgan fingerprint density at radius 3 is 2.29 bits per heavy atom. The van der Waals surface area contributed by atoms with E-state index in [1.54, 1.807) is 12.1 Å². The normalized spacial score (nSPS) is 26.9. The second-order valence-corrected chi connectivity index (χ2v) is 13.6. The summed E-state index contributed by atoms with van der Waals surface area (Å²) in [4.78, 5) is 42.1.